The third-order valence-corrected chi connectivity index (χ3v) is 3.75. The summed E-state index contributed by atoms with van der Waals surface area (Å²) in [5, 5.41) is 2.70. The Bertz CT molecular complexity index is 490. The molecule has 1 saturated heterocycles. The van der Waals surface area contributed by atoms with Gasteiger partial charge < -0.3 is 5.32 Å². The molecule has 1 aliphatic heterocycles. The van der Waals surface area contributed by atoms with E-state index >= 15 is 0 Å². The van der Waals surface area contributed by atoms with Gasteiger partial charge in [0.1, 0.15) is 12.1 Å². The first-order valence-electron chi connectivity index (χ1n) is 5.94. The highest BCUT2D eigenvalue weighted by atomic mass is 79.9. The maximum Gasteiger partial charge on any atom is 0.250 e. The van der Waals surface area contributed by atoms with Crippen molar-refractivity contribution in [2.24, 2.45) is 0 Å². The van der Waals surface area contributed by atoms with Crippen LogP contribution in [0, 0.1) is 0 Å². The van der Waals surface area contributed by atoms with E-state index < -0.39 is 12.1 Å². The summed E-state index contributed by atoms with van der Waals surface area (Å²) >= 11 is 3.43. The second-order valence-electron chi connectivity index (χ2n) is 4.31. The number of para-hydroxylation sites is 1. The smallest absolute Gasteiger partial charge is 0.250 e. The molecule has 2 amide bonds. The minimum absolute atomic E-state index is 0.0756. The number of rotatable bonds is 2. The second kappa shape index (κ2) is 5.10. The van der Waals surface area contributed by atoms with Crippen molar-refractivity contribution in [1.29, 1.82) is 0 Å². The van der Waals surface area contributed by atoms with Crippen molar-refractivity contribution in [2.45, 2.75) is 32.4 Å². The van der Waals surface area contributed by atoms with Crippen molar-refractivity contribution in [2.75, 3.05) is 4.90 Å². The van der Waals surface area contributed by atoms with Gasteiger partial charge in [-0.25, -0.2) is 0 Å². The second-order valence-corrected chi connectivity index (χ2v) is 5.17. The minimum Gasteiger partial charge on any atom is -0.343 e. The van der Waals surface area contributed by atoms with Gasteiger partial charge in [-0.05, 0) is 41.4 Å². The highest BCUT2D eigenvalue weighted by Gasteiger charge is 2.38. The summed E-state index contributed by atoms with van der Waals surface area (Å²) < 4.78 is 0.818. The Kier molecular flexibility index (Phi) is 3.71. The van der Waals surface area contributed by atoms with E-state index in [0.29, 0.717) is 6.42 Å². The molecular weight excluding hydrogens is 296 g/mol. The Morgan fingerprint density at radius 2 is 2.00 bits per heavy atom. The minimum atomic E-state index is -0.479. The van der Waals surface area contributed by atoms with Crippen LogP contribution >= 0.6 is 15.9 Å². The van der Waals surface area contributed by atoms with Gasteiger partial charge in [0.05, 0.1) is 5.69 Å². The van der Waals surface area contributed by atoms with Crippen molar-refractivity contribution >= 4 is 33.4 Å². The molecule has 5 heteroatoms. The highest BCUT2D eigenvalue weighted by Crippen LogP contribution is 2.30. The molecule has 18 heavy (non-hydrogen) atoms. The molecule has 0 radical (unpaired) electrons. The maximum absolute atomic E-state index is 12.3. The van der Waals surface area contributed by atoms with E-state index in [9.17, 15) is 9.59 Å². The number of carbonyl (C=O) groups excluding carboxylic acids is 2. The Morgan fingerprint density at radius 3 is 2.61 bits per heavy atom. The van der Waals surface area contributed by atoms with Gasteiger partial charge in [0, 0.05) is 4.47 Å². The van der Waals surface area contributed by atoms with Crippen LogP contribution in [0.3, 0.4) is 0 Å². The summed E-state index contributed by atoms with van der Waals surface area (Å²) in [6.07, 6.45) is 0.589. The Labute approximate surface area is 114 Å². The van der Waals surface area contributed by atoms with Crippen LogP contribution in [-0.4, -0.2) is 23.9 Å². The summed E-state index contributed by atoms with van der Waals surface area (Å²) in [6, 6.07) is 6.53. The number of carbonyl (C=O) groups is 2. The molecule has 2 atom stereocenters. The molecule has 1 fully saturated rings. The highest BCUT2D eigenvalue weighted by molar-refractivity contribution is 9.10. The molecule has 1 heterocycles. The SMILES string of the molecule is CCC1C(=O)NC(C)C(=O)N1c1ccccc1Br. The number of anilines is 1. The van der Waals surface area contributed by atoms with Crippen LogP contribution in [0.25, 0.3) is 0 Å². The third kappa shape index (κ3) is 2.14. The van der Waals surface area contributed by atoms with Gasteiger partial charge in [0.25, 0.3) is 0 Å². The van der Waals surface area contributed by atoms with Crippen molar-refractivity contribution in [3.8, 4) is 0 Å². The molecular formula is C13H15BrN2O2. The number of nitrogens with zero attached hydrogens (tertiary/aromatic N) is 1. The van der Waals surface area contributed by atoms with E-state index in [0.717, 1.165) is 10.2 Å². The zero-order chi connectivity index (χ0) is 13.3. The third-order valence-electron chi connectivity index (χ3n) is 3.08. The molecule has 2 unspecified atom stereocenters. The number of amides is 2. The van der Waals surface area contributed by atoms with Crippen molar-refractivity contribution in [3.05, 3.63) is 28.7 Å². The average Bonchev–Trinajstić information content (AvgIpc) is 2.34. The first-order chi connectivity index (χ1) is 8.56. The van der Waals surface area contributed by atoms with E-state index in [-0.39, 0.29) is 11.8 Å². The van der Waals surface area contributed by atoms with Gasteiger partial charge in [0.2, 0.25) is 11.8 Å². The Morgan fingerprint density at radius 1 is 1.33 bits per heavy atom. The molecule has 0 aromatic heterocycles. The Balaban J connectivity index is 2.47. The molecule has 96 valence electrons. The van der Waals surface area contributed by atoms with Crippen LogP contribution in [-0.2, 0) is 9.59 Å². The molecule has 0 spiro atoms. The van der Waals surface area contributed by atoms with E-state index in [2.05, 4.69) is 21.2 Å². The predicted molar refractivity (Wildman–Crippen MR) is 73.3 cm³/mol. The molecule has 1 aliphatic rings. The first-order valence-corrected chi connectivity index (χ1v) is 6.73. The van der Waals surface area contributed by atoms with Crippen LogP contribution in [0.2, 0.25) is 0 Å². The van der Waals surface area contributed by atoms with Crippen molar-refractivity contribution in [1.82, 2.24) is 5.32 Å². The van der Waals surface area contributed by atoms with Gasteiger partial charge in [-0.2, -0.15) is 0 Å². The topological polar surface area (TPSA) is 49.4 Å². The molecule has 0 saturated carbocycles. The zero-order valence-electron chi connectivity index (χ0n) is 10.3. The summed E-state index contributed by atoms with van der Waals surface area (Å²) in [7, 11) is 0. The largest absolute Gasteiger partial charge is 0.343 e. The number of piperazine rings is 1. The van der Waals surface area contributed by atoms with Crippen LogP contribution < -0.4 is 10.2 Å². The van der Waals surface area contributed by atoms with Crippen molar-refractivity contribution < 1.29 is 9.59 Å². The van der Waals surface area contributed by atoms with Gasteiger partial charge in [-0.15, -0.1) is 0 Å². The Hall–Kier alpha value is -1.36. The summed E-state index contributed by atoms with van der Waals surface area (Å²) in [5.41, 5.74) is 0.746. The number of nitrogens with one attached hydrogen (secondary N) is 1. The number of benzene rings is 1. The lowest BCUT2D eigenvalue weighted by atomic mass is 10.0. The fourth-order valence-corrected chi connectivity index (χ4v) is 2.63. The molecule has 0 bridgehead atoms. The summed E-state index contributed by atoms with van der Waals surface area (Å²) in [5.74, 6) is -0.172. The van der Waals surface area contributed by atoms with E-state index in [1.807, 2.05) is 31.2 Å². The van der Waals surface area contributed by atoms with Gasteiger partial charge in [0.15, 0.2) is 0 Å². The van der Waals surface area contributed by atoms with Gasteiger partial charge >= 0.3 is 0 Å². The predicted octanol–water partition coefficient (Wildman–Crippen LogP) is 2.08. The van der Waals surface area contributed by atoms with Crippen LogP contribution in [0.1, 0.15) is 20.3 Å². The van der Waals surface area contributed by atoms with Crippen LogP contribution in [0.5, 0.6) is 0 Å². The number of halogens is 1. The van der Waals surface area contributed by atoms with E-state index in [4.69, 9.17) is 0 Å². The lowest BCUT2D eigenvalue weighted by Gasteiger charge is -2.37. The number of hydrogen-bond acceptors (Lipinski definition) is 2. The lowest BCUT2D eigenvalue weighted by molar-refractivity contribution is -0.133. The lowest BCUT2D eigenvalue weighted by Crippen LogP contribution is -2.62. The zero-order valence-corrected chi connectivity index (χ0v) is 11.9. The average molecular weight is 311 g/mol. The monoisotopic (exact) mass is 310 g/mol. The molecule has 4 nitrogen and oxygen atoms in total. The quantitative estimate of drug-likeness (QED) is 0.909. The first kappa shape index (κ1) is 13.1. The fraction of sp³-hybridized carbons (Fsp3) is 0.385. The van der Waals surface area contributed by atoms with Crippen molar-refractivity contribution in [3.63, 3.8) is 0 Å². The molecule has 1 N–H and O–H groups in total. The normalized spacial score (nSPS) is 24.1. The van der Waals surface area contributed by atoms with Crippen LogP contribution in [0.4, 0.5) is 5.69 Å². The standard InChI is InChI=1S/C13H15BrN2O2/c1-3-10-12(17)15-8(2)13(18)16(10)11-7-5-4-6-9(11)14/h4-8,10H,3H2,1-2H3,(H,15,17). The molecule has 0 aliphatic carbocycles. The van der Waals surface area contributed by atoms with E-state index in [1.54, 1.807) is 11.8 Å². The summed E-state index contributed by atoms with van der Waals surface area (Å²) in [6.45, 7) is 3.60. The molecule has 2 rings (SSSR count). The van der Waals surface area contributed by atoms with Crippen LogP contribution in [0.15, 0.2) is 28.7 Å². The summed E-state index contributed by atoms with van der Waals surface area (Å²) in [4.78, 5) is 25.8. The van der Waals surface area contributed by atoms with Gasteiger partial charge in [-0.1, -0.05) is 19.1 Å². The molecule has 1 aromatic carbocycles. The molecule has 1 aromatic rings. The van der Waals surface area contributed by atoms with E-state index in [1.165, 1.54) is 0 Å². The van der Waals surface area contributed by atoms with Gasteiger partial charge in [-0.3, -0.25) is 14.5 Å². The maximum atomic E-state index is 12.3. The number of hydrogen-bond donors (Lipinski definition) is 1. The fourth-order valence-electron chi connectivity index (χ4n) is 2.15.